The fourth-order valence-electron chi connectivity index (χ4n) is 4.29. The van der Waals surface area contributed by atoms with Crippen molar-refractivity contribution < 1.29 is 0 Å². The highest BCUT2D eigenvalue weighted by atomic mass is 35.5. The van der Waals surface area contributed by atoms with Gasteiger partial charge in [0, 0.05) is 66.8 Å². The molecule has 0 unspecified atom stereocenters. The Morgan fingerprint density at radius 1 is 1.07 bits per heavy atom. The van der Waals surface area contributed by atoms with Crippen molar-refractivity contribution in [1.29, 1.82) is 0 Å². The van der Waals surface area contributed by atoms with Gasteiger partial charge in [-0.3, -0.25) is 0 Å². The number of benzene rings is 1. The number of hydrogen-bond acceptors (Lipinski definition) is 5. The van der Waals surface area contributed by atoms with E-state index in [4.69, 9.17) is 11.6 Å². The first-order valence-corrected chi connectivity index (χ1v) is 10.9. The van der Waals surface area contributed by atoms with Crippen LogP contribution in [0.2, 0.25) is 5.02 Å². The Labute approximate surface area is 173 Å². The third-order valence-corrected chi connectivity index (χ3v) is 6.35. The fraction of sp³-hybridized carbons (Fsp3) is 0.545. The molecule has 2 fully saturated rings. The first-order chi connectivity index (χ1) is 13.7. The van der Waals surface area contributed by atoms with Crippen LogP contribution in [0.25, 0.3) is 0 Å². The SMILES string of the molecule is CCc1cc(N2CCC(NCc3c(Cl)cccc3N3CCCC3)CC2)ncn1. The lowest BCUT2D eigenvalue weighted by atomic mass is 10.0. The second-order valence-corrected chi connectivity index (χ2v) is 8.20. The Kier molecular flexibility index (Phi) is 6.33. The van der Waals surface area contributed by atoms with E-state index in [1.54, 1.807) is 6.33 Å². The van der Waals surface area contributed by atoms with Gasteiger partial charge in [0.25, 0.3) is 0 Å². The van der Waals surface area contributed by atoms with E-state index < -0.39 is 0 Å². The van der Waals surface area contributed by atoms with Gasteiger partial charge in [-0.05, 0) is 44.2 Å². The van der Waals surface area contributed by atoms with Gasteiger partial charge >= 0.3 is 0 Å². The van der Waals surface area contributed by atoms with E-state index in [-0.39, 0.29) is 0 Å². The minimum atomic E-state index is 0.520. The lowest BCUT2D eigenvalue weighted by Crippen LogP contribution is -2.42. The van der Waals surface area contributed by atoms with Gasteiger partial charge in [0.05, 0.1) is 0 Å². The minimum Gasteiger partial charge on any atom is -0.371 e. The molecule has 2 aliphatic rings. The molecule has 1 aromatic carbocycles. The number of aromatic nitrogens is 2. The average Bonchev–Trinajstić information content (AvgIpc) is 3.28. The zero-order valence-corrected chi connectivity index (χ0v) is 17.5. The van der Waals surface area contributed by atoms with E-state index in [0.29, 0.717) is 6.04 Å². The number of hydrogen-bond donors (Lipinski definition) is 1. The van der Waals surface area contributed by atoms with Gasteiger partial charge in [0.2, 0.25) is 0 Å². The Morgan fingerprint density at radius 3 is 2.61 bits per heavy atom. The summed E-state index contributed by atoms with van der Waals surface area (Å²) in [6.45, 7) is 7.31. The van der Waals surface area contributed by atoms with E-state index in [2.05, 4.69) is 50.2 Å². The molecule has 4 rings (SSSR count). The number of anilines is 2. The van der Waals surface area contributed by atoms with Crippen LogP contribution in [0.3, 0.4) is 0 Å². The minimum absolute atomic E-state index is 0.520. The van der Waals surface area contributed by atoms with Crippen LogP contribution in [0, 0.1) is 0 Å². The molecule has 2 saturated heterocycles. The van der Waals surface area contributed by atoms with Crippen LogP contribution in [0.5, 0.6) is 0 Å². The van der Waals surface area contributed by atoms with Gasteiger partial charge in [-0.15, -0.1) is 0 Å². The van der Waals surface area contributed by atoms with Crippen molar-refractivity contribution >= 4 is 23.1 Å². The molecular formula is C22H30ClN5. The van der Waals surface area contributed by atoms with Gasteiger partial charge < -0.3 is 15.1 Å². The summed E-state index contributed by atoms with van der Waals surface area (Å²) in [6.07, 6.45) is 7.44. The number of piperidine rings is 1. The summed E-state index contributed by atoms with van der Waals surface area (Å²) in [5, 5.41) is 4.64. The van der Waals surface area contributed by atoms with Crippen LogP contribution in [0.4, 0.5) is 11.5 Å². The summed E-state index contributed by atoms with van der Waals surface area (Å²) >= 11 is 6.57. The zero-order valence-electron chi connectivity index (χ0n) is 16.7. The fourth-order valence-corrected chi connectivity index (χ4v) is 4.52. The van der Waals surface area contributed by atoms with Crippen molar-refractivity contribution in [2.45, 2.75) is 51.6 Å². The number of aryl methyl sites for hydroxylation is 1. The lowest BCUT2D eigenvalue weighted by Gasteiger charge is -2.33. The highest BCUT2D eigenvalue weighted by Gasteiger charge is 2.22. The summed E-state index contributed by atoms with van der Waals surface area (Å²) in [5.74, 6) is 1.06. The number of nitrogens with zero attached hydrogens (tertiary/aromatic N) is 4. The molecule has 0 saturated carbocycles. The second-order valence-electron chi connectivity index (χ2n) is 7.79. The third-order valence-electron chi connectivity index (χ3n) is 6.00. The molecule has 1 aromatic heterocycles. The Hall–Kier alpha value is -1.85. The highest BCUT2D eigenvalue weighted by Crippen LogP contribution is 2.30. The summed E-state index contributed by atoms with van der Waals surface area (Å²) in [7, 11) is 0. The van der Waals surface area contributed by atoms with Gasteiger partial charge in [-0.25, -0.2) is 9.97 Å². The van der Waals surface area contributed by atoms with E-state index in [1.807, 2.05) is 6.07 Å². The highest BCUT2D eigenvalue weighted by molar-refractivity contribution is 6.31. The molecule has 0 bridgehead atoms. The van der Waals surface area contributed by atoms with Crippen molar-refractivity contribution in [2.24, 2.45) is 0 Å². The molecule has 0 spiro atoms. The largest absolute Gasteiger partial charge is 0.371 e. The Bertz CT molecular complexity index is 782. The standard InChI is InChI=1S/C22H30ClN5/c1-2-17-14-22(26-16-25-17)28-12-8-18(9-13-28)24-15-19-20(23)6-5-7-21(19)27-10-3-4-11-27/h5-7,14,16,18,24H,2-4,8-13,15H2,1H3. The van der Waals surface area contributed by atoms with E-state index in [1.165, 1.54) is 24.1 Å². The number of nitrogens with one attached hydrogen (secondary N) is 1. The van der Waals surface area contributed by atoms with Crippen LogP contribution in [0.1, 0.15) is 43.9 Å². The first-order valence-electron chi connectivity index (χ1n) is 10.6. The first kappa shape index (κ1) is 19.5. The Balaban J connectivity index is 1.35. The van der Waals surface area contributed by atoms with Crippen molar-refractivity contribution in [1.82, 2.24) is 15.3 Å². The summed E-state index contributed by atoms with van der Waals surface area (Å²) in [6, 6.07) is 8.95. The molecule has 0 aliphatic carbocycles. The molecule has 150 valence electrons. The molecule has 5 nitrogen and oxygen atoms in total. The van der Waals surface area contributed by atoms with Gasteiger partial charge in [-0.1, -0.05) is 24.6 Å². The molecule has 2 aromatic rings. The van der Waals surface area contributed by atoms with Crippen molar-refractivity contribution in [3.05, 3.63) is 46.9 Å². The van der Waals surface area contributed by atoms with E-state index in [0.717, 1.165) is 68.5 Å². The predicted octanol–water partition coefficient (Wildman–Crippen LogP) is 4.05. The van der Waals surface area contributed by atoms with E-state index in [9.17, 15) is 0 Å². The molecule has 6 heteroatoms. The van der Waals surface area contributed by atoms with Crippen LogP contribution < -0.4 is 15.1 Å². The normalized spacial score (nSPS) is 18.1. The quantitative estimate of drug-likeness (QED) is 0.793. The summed E-state index contributed by atoms with van der Waals surface area (Å²) < 4.78 is 0. The van der Waals surface area contributed by atoms with Crippen LogP contribution in [-0.2, 0) is 13.0 Å². The molecule has 0 radical (unpaired) electrons. The van der Waals surface area contributed by atoms with Gasteiger partial charge in [0.15, 0.2) is 0 Å². The smallest absolute Gasteiger partial charge is 0.132 e. The summed E-state index contributed by atoms with van der Waals surface area (Å²) in [4.78, 5) is 13.6. The van der Waals surface area contributed by atoms with Gasteiger partial charge in [-0.2, -0.15) is 0 Å². The zero-order chi connectivity index (χ0) is 19.3. The van der Waals surface area contributed by atoms with Crippen LogP contribution in [-0.4, -0.2) is 42.2 Å². The van der Waals surface area contributed by atoms with Gasteiger partial charge in [0.1, 0.15) is 12.1 Å². The van der Waals surface area contributed by atoms with Crippen molar-refractivity contribution in [3.63, 3.8) is 0 Å². The third kappa shape index (κ3) is 4.41. The maximum absolute atomic E-state index is 6.57. The predicted molar refractivity (Wildman–Crippen MR) is 116 cm³/mol. The molecule has 0 amide bonds. The maximum Gasteiger partial charge on any atom is 0.132 e. The van der Waals surface area contributed by atoms with E-state index >= 15 is 0 Å². The molecule has 28 heavy (non-hydrogen) atoms. The van der Waals surface area contributed by atoms with Crippen molar-refractivity contribution in [2.75, 3.05) is 36.0 Å². The number of rotatable bonds is 6. The topological polar surface area (TPSA) is 44.3 Å². The Morgan fingerprint density at radius 2 is 1.86 bits per heavy atom. The lowest BCUT2D eigenvalue weighted by molar-refractivity contribution is 0.412. The molecular weight excluding hydrogens is 370 g/mol. The van der Waals surface area contributed by atoms with Crippen molar-refractivity contribution in [3.8, 4) is 0 Å². The molecule has 2 aliphatic heterocycles. The van der Waals surface area contributed by atoms with Crippen LogP contribution in [0.15, 0.2) is 30.6 Å². The molecule has 0 atom stereocenters. The number of halogens is 1. The second kappa shape index (κ2) is 9.10. The molecule has 3 heterocycles. The van der Waals surface area contributed by atoms with Crippen LogP contribution >= 0.6 is 11.6 Å². The monoisotopic (exact) mass is 399 g/mol. The maximum atomic E-state index is 6.57. The molecule has 1 N–H and O–H groups in total. The summed E-state index contributed by atoms with van der Waals surface area (Å²) in [5.41, 5.74) is 3.67. The average molecular weight is 400 g/mol.